The molecule has 122 valence electrons. The molecule has 5 heteroatoms. The van der Waals surface area contributed by atoms with Gasteiger partial charge in [-0.15, -0.1) is 0 Å². The maximum Gasteiger partial charge on any atom is 0.266 e. The molecule has 1 saturated carbocycles. The topological polar surface area (TPSA) is 59.0 Å². The third-order valence-electron chi connectivity index (χ3n) is 4.17. The van der Waals surface area contributed by atoms with E-state index in [-0.39, 0.29) is 5.91 Å². The summed E-state index contributed by atoms with van der Waals surface area (Å²) in [6.45, 7) is 0. The number of aliphatic hydroxyl groups is 1. The van der Waals surface area contributed by atoms with Gasteiger partial charge in [0.15, 0.2) is 0 Å². The van der Waals surface area contributed by atoms with E-state index in [2.05, 4.69) is 0 Å². The molecule has 1 fully saturated rings. The van der Waals surface area contributed by atoms with Gasteiger partial charge in [0, 0.05) is 20.2 Å². The highest BCUT2D eigenvalue weighted by atomic mass is 16.5. The number of benzene rings is 1. The predicted molar refractivity (Wildman–Crippen MR) is 84.1 cm³/mol. The molecule has 0 bridgehead atoms. The molecule has 0 heterocycles. The van der Waals surface area contributed by atoms with Gasteiger partial charge in [0.2, 0.25) is 6.10 Å². The SMILES string of the molecule is COc1cccc(OC(C(=O)N(C)C)C2(O)CCCCC2)c1. The van der Waals surface area contributed by atoms with E-state index in [0.29, 0.717) is 24.3 Å². The molecule has 1 aliphatic rings. The summed E-state index contributed by atoms with van der Waals surface area (Å²) < 4.78 is 11.1. The van der Waals surface area contributed by atoms with Crippen LogP contribution in [0.3, 0.4) is 0 Å². The largest absolute Gasteiger partial charge is 0.497 e. The van der Waals surface area contributed by atoms with Gasteiger partial charge in [-0.2, -0.15) is 0 Å². The van der Waals surface area contributed by atoms with Crippen LogP contribution in [0.25, 0.3) is 0 Å². The first-order valence-electron chi connectivity index (χ1n) is 7.70. The zero-order valence-electron chi connectivity index (χ0n) is 13.5. The summed E-state index contributed by atoms with van der Waals surface area (Å²) >= 11 is 0. The van der Waals surface area contributed by atoms with Gasteiger partial charge in [0.05, 0.1) is 7.11 Å². The van der Waals surface area contributed by atoms with Crippen LogP contribution in [0.4, 0.5) is 0 Å². The Morgan fingerprint density at radius 3 is 2.45 bits per heavy atom. The second kappa shape index (κ2) is 7.01. The van der Waals surface area contributed by atoms with Gasteiger partial charge in [0.1, 0.15) is 17.1 Å². The molecular formula is C17H25NO4. The zero-order valence-corrected chi connectivity index (χ0v) is 13.5. The van der Waals surface area contributed by atoms with E-state index in [1.165, 1.54) is 4.90 Å². The minimum Gasteiger partial charge on any atom is -0.497 e. The molecule has 1 atom stereocenters. The molecule has 1 aromatic carbocycles. The Balaban J connectivity index is 2.25. The molecule has 22 heavy (non-hydrogen) atoms. The molecule has 1 aliphatic carbocycles. The lowest BCUT2D eigenvalue weighted by Gasteiger charge is -2.39. The van der Waals surface area contributed by atoms with E-state index in [1.807, 2.05) is 6.07 Å². The van der Waals surface area contributed by atoms with Crippen molar-refractivity contribution in [2.45, 2.75) is 43.8 Å². The molecular weight excluding hydrogens is 282 g/mol. The van der Waals surface area contributed by atoms with Crippen molar-refractivity contribution < 1.29 is 19.4 Å². The number of rotatable bonds is 5. The van der Waals surface area contributed by atoms with Crippen molar-refractivity contribution >= 4 is 5.91 Å². The van der Waals surface area contributed by atoms with Crippen molar-refractivity contribution in [1.29, 1.82) is 0 Å². The Morgan fingerprint density at radius 2 is 1.86 bits per heavy atom. The molecule has 1 unspecified atom stereocenters. The second-order valence-corrected chi connectivity index (χ2v) is 6.07. The van der Waals surface area contributed by atoms with E-state index in [4.69, 9.17) is 9.47 Å². The first kappa shape index (κ1) is 16.6. The van der Waals surface area contributed by atoms with Crippen LogP contribution in [-0.4, -0.2) is 48.8 Å². The molecule has 1 N–H and O–H groups in total. The monoisotopic (exact) mass is 307 g/mol. The molecule has 0 saturated heterocycles. The van der Waals surface area contributed by atoms with E-state index in [9.17, 15) is 9.90 Å². The number of hydrogen-bond acceptors (Lipinski definition) is 4. The molecule has 2 rings (SSSR count). The van der Waals surface area contributed by atoms with Crippen LogP contribution in [-0.2, 0) is 4.79 Å². The summed E-state index contributed by atoms with van der Waals surface area (Å²) in [6.07, 6.45) is 3.19. The maximum absolute atomic E-state index is 12.5. The number of likely N-dealkylation sites (N-methyl/N-ethyl adjacent to an activating group) is 1. The predicted octanol–water partition coefficient (Wildman–Crippen LogP) is 2.23. The third kappa shape index (κ3) is 3.71. The normalized spacial score (nSPS) is 18.4. The lowest BCUT2D eigenvalue weighted by atomic mass is 9.80. The van der Waals surface area contributed by atoms with Crippen molar-refractivity contribution in [3.63, 3.8) is 0 Å². The Kier molecular flexibility index (Phi) is 5.29. The highest BCUT2D eigenvalue weighted by Crippen LogP contribution is 2.34. The summed E-state index contributed by atoms with van der Waals surface area (Å²) in [5.41, 5.74) is -1.11. The summed E-state index contributed by atoms with van der Waals surface area (Å²) in [6, 6.07) is 7.11. The summed E-state index contributed by atoms with van der Waals surface area (Å²) in [5, 5.41) is 10.9. The highest BCUT2D eigenvalue weighted by Gasteiger charge is 2.44. The van der Waals surface area contributed by atoms with Crippen LogP contribution in [0.1, 0.15) is 32.1 Å². The van der Waals surface area contributed by atoms with E-state index in [0.717, 1.165) is 19.3 Å². The van der Waals surface area contributed by atoms with Gasteiger partial charge in [-0.05, 0) is 25.0 Å². The Morgan fingerprint density at radius 1 is 1.23 bits per heavy atom. The highest BCUT2D eigenvalue weighted by molar-refractivity contribution is 5.82. The molecule has 0 aromatic heterocycles. The number of carbonyl (C=O) groups excluding carboxylic acids is 1. The van der Waals surface area contributed by atoms with Crippen molar-refractivity contribution in [3.05, 3.63) is 24.3 Å². The van der Waals surface area contributed by atoms with E-state index < -0.39 is 11.7 Å². The van der Waals surface area contributed by atoms with Crippen LogP contribution in [0.2, 0.25) is 0 Å². The first-order valence-corrected chi connectivity index (χ1v) is 7.70. The molecule has 0 radical (unpaired) electrons. The number of ether oxygens (including phenoxy) is 2. The van der Waals surface area contributed by atoms with E-state index >= 15 is 0 Å². The summed E-state index contributed by atoms with van der Waals surface area (Å²) in [4.78, 5) is 14.0. The van der Waals surface area contributed by atoms with Gasteiger partial charge in [-0.25, -0.2) is 0 Å². The fourth-order valence-corrected chi connectivity index (χ4v) is 2.86. The number of nitrogens with zero attached hydrogens (tertiary/aromatic N) is 1. The summed E-state index contributed by atoms with van der Waals surface area (Å²) in [7, 11) is 4.93. The molecule has 1 amide bonds. The molecule has 5 nitrogen and oxygen atoms in total. The average molecular weight is 307 g/mol. The Hall–Kier alpha value is -1.75. The standard InChI is InChI=1S/C17H25NO4/c1-18(2)16(19)15(17(20)10-5-4-6-11-17)22-14-9-7-8-13(12-14)21-3/h7-9,12,15,20H,4-6,10-11H2,1-3H3. The van der Waals surface area contributed by atoms with Gasteiger partial charge < -0.3 is 19.5 Å². The number of amides is 1. The van der Waals surface area contributed by atoms with Crippen molar-refractivity contribution in [2.75, 3.05) is 21.2 Å². The molecule has 0 spiro atoms. The smallest absolute Gasteiger partial charge is 0.266 e. The number of hydrogen-bond donors (Lipinski definition) is 1. The third-order valence-corrected chi connectivity index (χ3v) is 4.17. The first-order chi connectivity index (χ1) is 10.5. The fourth-order valence-electron chi connectivity index (χ4n) is 2.86. The number of carbonyl (C=O) groups is 1. The van der Waals surface area contributed by atoms with Crippen LogP contribution >= 0.6 is 0 Å². The van der Waals surface area contributed by atoms with Crippen LogP contribution in [0.15, 0.2) is 24.3 Å². The average Bonchev–Trinajstić information content (AvgIpc) is 2.52. The quantitative estimate of drug-likeness (QED) is 0.906. The van der Waals surface area contributed by atoms with Crippen molar-refractivity contribution in [1.82, 2.24) is 4.90 Å². The minimum atomic E-state index is -1.11. The number of methoxy groups -OCH3 is 1. The van der Waals surface area contributed by atoms with Crippen molar-refractivity contribution in [3.8, 4) is 11.5 Å². The summed E-state index contributed by atoms with van der Waals surface area (Å²) in [5.74, 6) is 0.968. The Bertz CT molecular complexity index is 509. The second-order valence-electron chi connectivity index (χ2n) is 6.07. The van der Waals surface area contributed by atoms with Crippen LogP contribution in [0.5, 0.6) is 11.5 Å². The van der Waals surface area contributed by atoms with Gasteiger partial charge in [0.25, 0.3) is 5.91 Å². The molecule has 1 aromatic rings. The van der Waals surface area contributed by atoms with Crippen LogP contribution < -0.4 is 9.47 Å². The maximum atomic E-state index is 12.5. The lowest BCUT2D eigenvalue weighted by molar-refractivity contribution is -0.154. The fraction of sp³-hybridized carbons (Fsp3) is 0.588. The zero-order chi connectivity index (χ0) is 16.2. The van der Waals surface area contributed by atoms with E-state index in [1.54, 1.807) is 39.4 Å². The van der Waals surface area contributed by atoms with Gasteiger partial charge >= 0.3 is 0 Å². The van der Waals surface area contributed by atoms with Gasteiger partial charge in [-0.3, -0.25) is 4.79 Å². The molecule has 0 aliphatic heterocycles. The van der Waals surface area contributed by atoms with Gasteiger partial charge in [-0.1, -0.05) is 25.3 Å². The van der Waals surface area contributed by atoms with Crippen molar-refractivity contribution in [2.24, 2.45) is 0 Å². The lowest BCUT2D eigenvalue weighted by Crippen LogP contribution is -2.55. The Labute approximate surface area is 131 Å². The minimum absolute atomic E-state index is 0.216. The van der Waals surface area contributed by atoms with Crippen LogP contribution in [0, 0.1) is 0 Å².